The fourth-order valence-electron chi connectivity index (χ4n) is 2.59. The number of ether oxygens (including phenoxy) is 1. The lowest BCUT2D eigenvalue weighted by atomic mass is 10.2. The molecule has 2 N–H and O–H groups in total. The predicted octanol–water partition coefficient (Wildman–Crippen LogP) is 4.42. The van der Waals surface area contributed by atoms with Crippen LogP contribution in [0.25, 0.3) is 0 Å². The largest absolute Gasteiger partial charge is 0.462 e. The molecule has 0 saturated heterocycles. The number of rotatable bonds is 6. The maximum absolute atomic E-state index is 12.7. The predicted molar refractivity (Wildman–Crippen MR) is 123 cm³/mol. The van der Waals surface area contributed by atoms with Gasteiger partial charge < -0.3 is 10.1 Å². The third-order valence-electron chi connectivity index (χ3n) is 4.17. The van der Waals surface area contributed by atoms with Gasteiger partial charge in [0.2, 0.25) is 5.96 Å². The number of halogens is 1. The van der Waals surface area contributed by atoms with E-state index in [4.69, 9.17) is 4.74 Å². The van der Waals surface area contributed by atoms with Crippen molar-refractivity contribution in [3.05, 3.63) is 94.2 Å². The number of esters is 1. The number of pyridine rings is 1. The van der Waals surface area contributed by atoms with E-state index in [-0.39, 0.29) is 17.8 Å². The van der Waals surface area contributed by atoms with E-state index in [2.05, 4.69) is 36.5 Å². The van der Waals surface area contributed by atoms with Gasteiger partial charge >= 0.3 is 5.97 Å². The van der Waals surface area contributed by atoms with Crippen molar-refractivity contribution in [3.8, 4) is 0 Å². The number of carbonyl (C=O) groups excluding carboxylic acids is 2. The van der Waals surface area contributed by atoms with Gasteiger partial charge in [-0.3, -0.25) is 15.1 Å². The maximum atomic E-state index is 12.7. The maximum Gasteiger partial charge on any atom is 0.338 e. The summed E-state index contributed by atoms with van der Waals surface area (Å²) < 4.78 is 5.88. The molecule has 0 radical (unpaired) electrons. The van der Waals surface area contributed by atoms with Gasteiger partial charge in [-0.05, 0) is 73.2 Å². The molecule has 0 atom stereocenters. The fourth-order valence-corrected chi connectivity index (χ4v) is 2.85. The highest BCUT2D eigenvalue weighted by Gasteiger charge is 2.11. The van der Waals surface area contributed by atoms with Gasteiger partial charge in [0, 0.05) is 28.1 Å². The summed E-state index contributed by atoms with van der Waals surface area (Å²) in [4.78, 5) is 33.0. The Kier molecular flexibility index (Phi) is 7.89. The van der Waals surface area contributed by atoms with Crippen LogP contribution in [0.5, 0.6) is 0 Å². The zero-order valence-corrected chi connectivity index (χ0v) is 18.4. The minimum atomic E-state index is -0.385. The number of hydrogen-bond donors (Lipinski definition) is 2. The van der Waals surface area contributed by atoms with E-state index in [9.17, 15) is 9.59 Å². The normalized spacial score (nSPS) is 11.0. The number of aromatic nitrogens is 1. The fraction of sp³-hybridized carbons (Fsp3) is 0.130. The molecule has 0 aliphatic heterocycles. The standard InChI is InChI=1S/C23H21BrN4O3/c1-2-31-22(30)18-5-9-20(10-6-18)27-23(26-15-16-11-13-25-14-12-16)28-21(29)17-3-7-19(24)8-4-17/h3-14H,2,15H2,1H3,(H2,26,27,28,29). The van der Waals surface area contributed by atoms with Crippen LogP contribution in [0.4, 0.5) is 5.69 Å². The molecular formula is C23H21BrN4O3. The van der Waals surface area contributed by atoms with E-state index in [0.29, 0.717) is 30.0 Å². The first kappa shape index (κ1) is 22.2. The number of nitrogens with one attached hydrogen (secondary N) is 2. The topological polar surface area (TPSA) is 92.7 Å². The van der Waals surface area contributed by atoms with Crippen LogP contribution in [0.15, 0.2) is 82.5 Å². The first-order valence-electron chi connectivity index (χ1n) is 9.59. The summed E-state index contributed by atoms with van der Waals surface area (Å²) in [5, 5.41) is 5.91. The second-order valence-electron chi connectivity index (χ2n) is 6.40. The molecule has 1 aromatic heterocycles. The third kappa shape index (κ3) is 6.75. The van der Waals surface area contributed by atoms with Crippen molar-refractivity contribution in [1.82, 2.24) is 10.3 Å². The molecule has 2 aromatic carbocycles. The highest BCUT2D eigenvalue weighted by molar-refractivity contribution is 9.10. The SMILES string of the molecule is CCOC(=O)c1ccc(NC(=NCc2ccncc2)NC(=O)c2ccc(Br)cc2)cc1. The Morgan fingerprint density at radius 3 is 2.26 bits per heavy atom. The molecule has 1 heterocycles. The molecule has 3 aromatic rings. The Morgan fingerprint density at radius 1 is 0.968 bits per heavy atom. The zero-order chi connectivity index (χ0) is 22.1. The highest BCUT2D eigenvalue weighted by atomic mass is 79.9. The Hall–Kier alpha value is -3.52. The van der Waals surface area contributed by atoms with Gasteiger partial charge in [0.25, 0.3) is 5.91 Å². The molecule has 0 unspecified atom stereocenters. The summed E-state index contributed by atoms with van der Waals surface area (Å²) in [6.45, 7) is 2.42. The number of amides is 1. The number of hydrogen-bond acceptors (Lipinski definition) is 5. The summed E-state index contributed by atoms with van der Waals surface area (Å²) in [6, 6.07) is 17.5. The van der Waals surface area contributed by atoms with Crippen molar-refractivity contribution >= 4 is 39.5 Å². The molecule has 0 spiro atoms. The Bertz CT molecular complexity index is 1050. The van der Waals surface area contributed by atoms with Crippen LogP contribution in [0.1, 0.15) is 33.2 Å². The van der Waals surface area contributed by atoms with E-state index in [0.717, 1.165) is 10.0 Å². The number of carbonyl (C=O) groups is 2. The van der Waals surface area contributed by atoms with E-state index < -0.39 is 0 Å². The molecule has 1 amide bonds. The molecule has 0 saturated carbocycles. The molecule has 31 heavy (non-hydrogen) atoms. The molecule has 8 heteroatoms. The minimum Gasteiger partial charge on any atom is -0.462 e. The number of guanidine groups is 1. The molecule has 158 valence electrons. The molecule has 0 fully saturated rings. The average molecular weight is 481 g/mol. The minimum absolute atomic E-state index is 0.286. The van der Waals surface area contributed by atoms with Crippen LogP contribution >= 0.6 is 15.9 Å². The van der Waals surface area contributed by atoms with E-state index in [1.165, 1.54) is 0 Å². The summed E-state index contributed by atoms with van der Waals surface area (Å²) >= 11 is 3.36. The number of aliphatic imine (C=N–C) groups is 1. The number of anilines is 1. The zero-order valence-electron chi connectivity index (χ0n) is 16.8. The van der Waals surface area contributed by atoms with Crippen LogP contribution in [0.2, 0.25) is 0 Å². The van der Waals surface area contributed by atoms with Crippen molar-refractivity contribution < 1.29 is 14.3 Å². The van der Waals surface area contributed by atoms with Gasteiger partial charge in [0.1, 0.15) is 0 Å². The lowest BCUT2D eigenvalue weighted by molar-refractivity contribution is 0.0526. The van der Waals surface area contributed by atoms with Gasteiger partial charge in [-0.1, -0.05) is 15.9 Å². The van der Waals surface area contributed by atoms with E-state index >= 15 is 0 Å². The van der Waals surface area contributed by atoms with Crippen molar-refractivity contribution in [2.24, 2.45) is 4.99 Å². The molecule has 3 rings (SSSR count). The lowest BCUT2D eigenvalue weighted by Gasteiger charge is -2.12. The van der Waals surface area contributed by atoms with Crippen LogP contribution < -0.4 is 10.6 Å². The van der Waals surface area contributed by atoms with Crippen LogP contribution in [0, 0.1) is 0 Å². The van der Waals surface area contributed by atoms with Crippen LogP contribution in [0.3, 0.4) is 0 Å². The Balaban J connectivity index is 1.77. The third-order valence-corrected chi connectivity index (χ3v) is 4.69. The average Bonchev–Trinajstić information content (AvgIpc) is 2.79. The lowest BCUT2D eigenvalue weighted by Crippen LogP contribution is -2.36. The van der Waals surface area contributed by atoms with Crippen molar-refractivity contribution in [2.75, 3.05) is 11.9 Å². The van der Waals surface area contributed by atoms with Gasteiger partial charge in [0.15, 0.2) is 0 Å². The van der Waals surface area contributed by atoms with E-state index in [1.54, 1.807) is 67.8 Å². The van der Waals surface area contributed by atoms with Crippen LogP contribution in [-0.4, -0.2) is 29.4 Å². The van der Waals surface area contributed by atoms with Gasteiger partial charge in [0.05, 0.1) is 18.7 Å². The van der Waals surface area contributed by atoms with E-state index in [1.807, 2.05) is 12.1 Å². The quantitative estimate of drug-likeness (QED) is 0.309. The van der Waals surface area contributed by atoms with Crippen LogP contribution in [-0.2, 0) is 11.3 Å². The van der Waals surface area contributed by atoms with Crippen molar-refractivity contribution in [2.45, 2.75) is 13.5 Å². The second-order valence-corrected chi connectivity index (χ2v) is 7.32. The van der Waals surface area contributed by atoms with Gasteiger partial charge in [-0.2, -0.15) is 0 Å². The molecule has 0 aliphatic rings. The molecule has 0 aliphatic carbocycles. The Labute approximate surface area is 188 Å². The first-order valence-corrected chi connectivity index (χ1v) is 10.4. The summed E-state index contributed by atoms with van der Waals surface area (Å²) in [6.07, 6.45) is 3.37. The molecule has 7 nitrogen and oxygen atoms in total. The van der Waals surface area contributed by atoms with Crippen molar-refractivity contribution in [1.29, 1.82) is 0 Å². The molecular weight excluding hydrogens is 460 g/mol. The van der Waals surface area contributed by atoms with Gasteiger partial charge in [-0.15, -0.1) is 0 Å². The summed E-state index contributed by atoms with van der Waals surface area (Å²) in [5.41, 5.74) is 2.56. The number of nitrogens with zero attached hydrogens (tertiary/aromatic N) is 2. The molecule has 0 bridgehead atoms. The smallest absolute Gasteiger partial charge is 0.338 e. The Morgan fingerprint density at radius 2 is 1.61 bits per heavy atom. The number of benzene rings is 2. The summed E-state index contributed by atoms with van der Waals surface area (Å²) in [5.74, 6) is -0.394. The van der Waals surface area contributed by atoms with Gasteiger partial charge in [-0.25, -0.2) is 9.79 Å². The highest BCUT2D eigenvalue weighted by Crippen LogP contribution is 2.12. The monoisotopic (exact) mass is 480 g/mol. The second kappa shape index (κ2) is 11.0. The van der Waals surface area contributed by atoms with Crippen molar-refractivity contribution in [3.63, 3.8) is 0 Å². The first-order chi connectivity index (χ1) is 15.0. The summed E-state index contributed by atoms with van der Waals surface area (Å²) in [7, 11) is 0.